The van der Waals surface area contributed by atoms with Crippen molar-refractivity contribution in [2.45, 2.75) is 50.9 Å². The van der Waals surface area contributed by atoms with Crippen molar-refractivity contribution in [3.63, 3.8) is 0 Å². The van der Waals surface area contributed by atoms with E-state index in [1.165, 1.54) is 17.7 Å². The first-order chi connectivity index (χ1) is 15.2. The standard InChI is InChI=1S/C22H27Cl2N5OS/c23-17-6-5-16-20(14-11-26-29(12-14)19-3-1-2-9-30-19)18-7-4-15(27-31-10-8-25)13-28(18)22(16)21(17)24/h5-6,11-12,15,19,27H,1-4,7-10,13,25H2. The Morgan fingerprint density at radius 1 is 1.26 bits per heavy atom. The molecule has 4 heterocycles. The Bertz CT molecular complexity index is 1080. The summed E-state index contributed by atoms with van der Waals surface area (Å²) in [6.45, 7) is 2.32. The van der Waals surface area contributed by atoms with E-state index >= 15 is 0 Å². The second-order valence-corrected chi connectivity index (χ2v) is 9.93. The van der Waals surface area contributed by atoms with Crippen LogP contribution in [-0.2, 0) is 17.7 Å². The predicted octanol–water partition coefficient (Wildman–Crippen LogP) is 5.02. The van der Waals surface area contributed by atoms with Gasteiger partial charge >= 0.3 is 0 Å². The first-order valence-electron chi connectivity index (χ1n) is 10.9. The SMILES string of the molecule is NCCSNC1CCc2c(-c3cnn(C4CCCCO4)c3)c3ccc(Cl)c(Cl)c3n2C1. The number of nitrogens with zero attached hydrogens (tertiary/aromatic N) is 3. The highest BCUT2D eigenvalue weighted by Crippen LogP contribution is 2.43. The van der Waals surface area contributed by atoms with Crippen molar-refractivity contribution in [1.82, 2.24) is 19.1 Å². The maximum atomic E-state index is 6.73. The number of fused-ring (bicyclic) bond motifs is 3. The zero-order chi connectivity index (χ0) is 21.4. The summed E-state index contributed by atoms with van der Waals surface area (Å²) in [6.07, 6.45) is 9.43. The zero-order valence-electron chi connectivity index (χ0n) is 17.3. The molecule has 2 aliphatic heterocycles. The Balaban J connectivity index is 1.55. The van der Waals surface area contributed by atoms with Crippen LogP contribution in [0.2, 0.25) is 10.0 Å². The van der Waals surface area contributed by atoms with E-state index in [-0.39, 0.29) is 6.23 Å². The van der Waals surface area contributed by atoms with Gasteiger partial charge in [-0.05, 0) is 38.2 Å². The number of ether oxygens (including phenoxy) is 1. The third-order valence-corrected chi connectivity index (χ3v) is 7.90. The highest BCUT2D eigenvalue weighted by Gasteiger charge is 2.28. The Morgan fingerprint density at radius 3 is 2.97 bits per heavy atom. The molecule has 0 amide bonds. The fourth-order valence-corrected chi connectivity index (χ4v) is 5.81. The van der Waals surface area contributed by atoms with Crippen LogP contribution in [0.4, 0.5) is 0 Å². The fraction of sp³-hybridized carbons (Fsp3) is 0.500. The lowest BCUT2D eigenvalue weighted by Gasteiger charge is -2.26. The summed E-state index contributed by atoms with van der Waals surface area (Å²) < 4.78 is 13.8. The van der Waals surface area contributed by atoms with E-state index in [0.29, 0.717) is 22.6 Å². The number of nitrogens with two attached hydrogens (primary N) is 1. The lowest BCUT2D eigenvalue weighted by atomic mass is 9.99. The van der Waals surface area contributed by atoms with E-state index in [1.54, 1.807) is 11.9 Å². The molecule has 1 saturated heterocycles. The molecule has 0 aliphatic carbocycles. The van der Waals surface area contributed by atoms with E-state index in [4.69, 9.17) is 33.7 Å². The molecule has 1 fully saturated rings. The predicted molar refractivity (Wildman–Crippen MR) is 129 cm³/mol. The average molecular weight is 480 g/mol. The molecule has 2 aromatic heterocycles. The van der Waals surface area contributed by atoms with Gasteiger partial charge in [0.05, 0.1) is 21.8 Å². The minimum atomic E-state index is 0.0263. The van der Waals surface area contributed by atoms with Crippen molar-refractivity contribution in [2.24, 2.45) is 5.73 Å². The van der Waals surface area contributed by atoms with Crippen LogP contribution in [0.1, 0.15) is 37.6 Å². The summed E-state index contributed by atoms with van der Waals surface area (Å²) in [5.41, 5.74) is 10.3. The summed E-state index contributed by atoms with van der Waals surface area (Å²) in [5, 5.41) is 6.98. The van der Waals surface area contributed by atoms with Gasteiger partial charge in [-0.2, -0.15) is 5.10 Å². The van der Waals surface area contributed by atoms with Crippen molar-refractivity contribution < 1.29 is 4.74 Å². The third-order valence-electron chi connectivity index (χ3n) is 6.17. The highest BCUT2D eigenvalue weighted by molar-refractivity contribution is 7.97. The number of nitrogens with one attached hydrogen (secondary N) is 1. The van der Waals surface area contributed by atoms with Crippen molar-refractivity contribution in [3.8, 4) is 11.1 Å². The second-order valence-electron chi connectivity index (χ2n) is 8.21. The summed E-state index contributed by atoms with van der Waals surface area (Å²) >= 11 is 14.8. The number of benzene rings is 1. The molecular formula is C22H27Cl2N5OS. The summed E-state index contributed by atoms with van der Waals surface area (Å²) in [4.78, 5) is 0. The number of aromatic nitrogens is 3. The number of halogens is 2. The highest BCUT2D eigenvalue weighted by atomic mass is 35.5. The van der Waals surface area contributed by atoms with E-state index in [9.17, 15) is 0 Å². The molecule has 0 spiro atoms. The van der Waals surface area contributed by atoms with Crippen LogP contribution >= 0.6 is 35.1 Å². The molecule has 3 aromatic rings. The Morgan fingerprint density at radius 2 is 2.16 bits per heavy atom. The Hall–Kier alpha value is -1.22. The molecule has 0 bridgehead atoms. The van der Waals surface area contributed by atoms with E-state index < -0.39 is 0 Å². The summed E-state index contributed by atoms with van der Waals surface area (Å²) in [7, 11) is 0. The molecule has 3 N–H and O–H groups in total. The average Bonchev–Trinajstić information content (AvgIpc) is 3.40. The smallest absolute Gasteiger partial charge is 0.150 e. The summed E-state index contributed by atoms with van der Waals surface area (Å²) in [5.74, 6) is 0.899. The second kappa shape index (κ2) is 9.33. The molecule has 0 radical (unpaired) electrons. The van der Waals surface area contributed by atoms with Crippen molar-refractivity contribution in [3.05, 3.63) is 40.3 Å². The monoisotopic (exact) mass is 479 g/mol. The maximum Gasteiger partial charge on any atom is 0.150 e. The quantitative estimate of drug-likeness (QED) is 0.383. The van der Waals surface area contributed by atoms with Crippen LogP contribution in [0.5, 0.6) is 0 Å². The van der Waals surface area contributed by atoms with E-state index in [0.717, 1.165) is 61.1 Å². The van der Waals surface area contributed by atoms with Crippen LogP contribution in [0.15, 0.2) is 24.5 Å². The molecule has 2 unspecified atom stereocenters. The lowest BCUT2D eigenvalue weighted by Crippen LogP contribution is -2.34. The van der Waals surface area contributed by atoms with Crippen LogP contribution in [-0.4, -0.2) is 39.3 Å². The number of hydrogen-bond acceptors (Lipinski definition) is 5. The van der Waals surface area contributed by atoms with Gasteiger partial charge in [-0.25, -0.2) is 4.68 Å². The maximum absolute atomic E-state index is 6.73. The van der Waals surface area contributed by atoms with Gasteiger partial charge in [0, 0.05) is 59.9 Å². The first-order valence-corrected chi connectivity index (χ1v) is 12.6. The van der Waals surface area contributed by atoms with Crippen LogP contribution < -0.4 is 10.5 Å². The molecule has 0 saturated carbocycles. The topological polar surface area (TPSA) is 70.0 Å². The largest absolute Gasteiger partial charge is 0.357 e. The Kier molecular flexibility index (Phi) is 6.51. The molecule has 6 nitrogen and oxygen atoms in total. The van der Waals surface area contributed by atoms with Crippen LogP contribution in [0.25, 0.3) is 22.0 Å². The van der Waals surface area contributed by atoms with E-state index in [1.807, 2.05) is 16.9 Å². The van der Waals surface area contributed by atoms with Crippen LogP contribution in [0.3, 0.4) is 0 Å². The van der Waals surface area contributed by atoms with Gasteiger partial charge in [0.15, 0.2) is 0 Å². The van der Waals surface area contributed by atoms with Crippen molar-refractivity contribution >= 4 is 46.1 Å². The van der Waals surface area contributed by atoms with Gasteiger partial charge in [0.25, 0.3) is 0 Å². The van der Waals surface area contributed by atoms with Gasteiger partial charge in [0.1, 0.15) is 6.23 Å². The molecule has 9 heteroatoms. The molecule has 1 aromatic carbocycles. The molecule has 31 heavy (non-hydrogen) atoms. The van der Waals surface area contributed by atoms with Gasteiger partial charge in [0.2, 0.25) is 0 Å². The fourth-order valence-electron chi connectivity index (χ4n) is 4.73. The van der Waals surface area contributed by atoms with Gasteiger partial charge in [-0.15, -0.1) is 0 Å². The number of rotatable bonds is 6. The Labute approximate surface area is 196 Å². The molecule has 2 aliphatic rings. The van der Waals surface area contributed by atoms with Crippen molar-refractivity contribution in [2.75, 3.05) is 18.9 Å². The minimum Gasteiger partial charge on any atom is -0.357 e. The minimum absolute atomic E-state index is 0.0263. The number of hydrogen-bond donors (Lipinski definition) is 2. The van der Waals surface area contributed by atoms with Gasteiger partial charge in [-0.1, -0.05) is 41.2 Å². The van der Waals surface area contributed by atoms with Gasteiger partial charge in [-0.3, -0.25) is 4.72 Å². The zero-order valence-corrected chi connectivity index (χ0v) is 19.6. The molecule has 5 rings (SSSR count). The summed E-state index contributed by atoms with van der Waals surface area (Å²) in [6, 6.07) is 4.34. The third kappa shape index (κ3) is 4.12. The lowest BCUT2D eigenvalue weighted by molar-refractivity contribution is -0.0394. The molecular weight excluding hydrogens is 453 g/mol. The van der Waals surface area contributed by atoms with Crippen LogP contribution in [0, 0.1) is 0 Å². The first kappa shape index (κ1) is 21.6. The normalized spacial score (nSPS) is 21.5. The molecule has 2 atom stereocenters. The van der Waals surface area contributed by atoms with Crippen molar-refractivity contribution in [1.29, 1.82) is 0 Å². The van der Waals surface area contributed by atoms with E-state index in [2.05, 4.69) is 26.7 Å². The van der Waals surface area contributed by atoms with Gasteiger partial charge < -0.3 is 15.0 Å². The molecule has 166 valence electrons.